The molecule has 0 spiro atoms. The van der Waals surface area contributed by atoms with Gasteiger partial charge in [0.05, 0.1) is 25.4 Å². The van der Waals surface area contributed by atoms with Crippen LogP contribution in [0, 0.1) is 106 Å². The summed E-state index contributed by atoms with van der Waals surface area (Å²) in [5, 5.41) is 73.8. The third-order valence-electron chi connectivity index (χ3n) is 0. The van der Waals surface area contributed by atoms with Crippen LogP contribution in [0.1, 0.15) is 0 Å². The van der Waals surface area contributed by atoms with Crippen LogP contribution in [0.5, 0.6) is 0 Å². The zero-order valence-electron chi connectivity index (χ0n) is 8.77. The van der Waals surface area contributed by atoms with Gasteiger partial charge < -0.3 is 76.6 Å². The van der Waals surface area contributed by atoms with Crippen LogP contribution < -0.4 is 0 Å². The van der Waals surface area contributed by atoms with E-state index in [2.05, 4.69) is 0 Å². The number of rotatable bonds is 0. The van der Waals surface area contributed by atoms with Gasteiger partial charge in [-0.25, -0.2) is 0 Å². The summed E-state index contributed by atoms with van der Waals surface area (Å²) >= 11 is 0. The summed E-state index contributed by atoms with van der Waals surface area (Å²) in [6, 6.07) is 0. The van der Waals surface area contributed by atoms with Crippen LogP contribution in [0.4, 0.5) is 0 Å². The number of hydrogen-bond donors (Lipinski definition) is 0. The fourth-order valence-corrected chi connectivity index (χ4v) is 0. The molecule has 0 heterocycles. The van der Waals surface area contributed by atoms with Gasteiger partial charge in [0.25, 0.3) is 0 Å². The molecule has 21 heavy (non-hydrogen) atoms. The molecule has 0 aliphatic rings. The third kappa shape index (κ3) is 420. The minimum atomic E-state index is -1.75. The van der Waals surface area contributed by atoms with Crippen molar-refractivity contribution in [2.45, 2.75) is 0 Å². The molecule has 0 rings (SSSR count). The second-order valence-electron chi connectivity index (χ2n) is 1.12. The van der Waals surface area contributed by atoms with Crippen molar-refractivity contribution in [1.29, 1.82) is 0 Å². The maximum atomic E-state index is 8.25. The summed E-state index contributed by atoms with van der Waals surface area (Å²) in [5.41, 5.74) is 0. The Kier molecular flexibility index (Phi) is 52.0. The molecule has 0 bridgehead atoms. The molecule has 0 aromatic carbocycles. The molecule has 0 N–H and O–H groups in total. The Hall–Kier alpha value is -3.01. The van der Waals surface area contributed by atoms with Crippen LogP contribution in [-0.2, 0) is 0 Å². The van der Waals surface area contributed by atoms with Gasteiger partial charge in [0.15, 0.2) is 0 Å². The van der Waals surface area contributed by atoms with Gasteiger partial charge >= 0.3 is 0 Å². The van der Waals surface area contributed by atoms with E-state index in [0.717, 1.165) is 0 Å². The van der Waals surface area contributed by atoms with Gasteiger partial charge in [-0.1, -0.05) is 0 Å². The first-order valence-electron chi connectivity index (χ1n) is 2.74. The minimum Gasteiger partial charge on any atom is -0.356 e. The van der Waals surface area contributed by atoms with Crippen LogP contribution in [0.2, 0.25) is 0 Å². The first kappa shape index (κ1) is 36.1. The Morgan fingerprint density at radius 3 is 0.333 bits per heavy atom. The van der Waals surface area contributed by atoms with Crippen LogP contribution in [0.15, 0.2) is 0 Å². The van der Waals surface area contributed by atoms with Gasteiger partial charge in [-0.15, -0.1) is 0 Å². The van der Waals surface area contributed by atoms with E-state index in [4.69, 9.17) is 76.6 Å². The van der Waals surface area contributed by atoms with E-state index in [-0.39, 0.29) is 29.2 Å². The Bertz CT molecular complexity index is 207. The summed E-state index contributed by atoms with van der Waals surface area (Å²) in [6.45, 7) is 0. The molecule has 21 heteroatoms. The first-order chi connectivity index (χ1) is 8.66. The normalized spacial score (nSPS) is 5.71. The largest absolute Gasteiger partial charge is 0.356 e. The second kappa shape index (κ2) is 30.2. The van der Waals surface area contributed by atoms with E-state index in [9.17, 15) is 0 Å². The minimum absolute atomic E-state index is 0. The summed E-state index contributed by atoms with van der Waals surface area (Å²) in [4.78, 5) is 41.2. The zero-order chi connectivity index (χ0) is 17.9. The molecule has 20 nitrogen and oxygen atoms in total. The monoisotopic (exact) mass is 548 g/mol. The van der Waals surface area contributed by atoms with E-state index in [1.807, 2.05) is 0 Å². The van der Waals surface area contributed by atoms with E-state index < -0.39 is 25.4 Å². The fourth-order valence-electron chi connectivity index (χ4n) is 0. The molecule has 0 aromatic heterocycles. The molecule has 0 aliphatic carbocycles. The molecule has 0 saturated heterocycles. The SMILES string of the molecule is O=[N+]([O-])[O-].O=[N+]([O-])[O-].O=[N+]([O-])[O-].O=[N+]([O-])[O-].O=[N+]([O-])[O-].[Pu]. The third-order valence-corrected chi connectivity index (χ3v) is 0. The zero-order valence-corrected chi connectivity index (χ0v) is 12.2. The number of nitrogens with zero attached hydrogens (tertiary/aromatic N) is 5. The summed E-state index contributed by atoms with van der Waals surface area (Å²) in [5.74, 6) is 0. The fraction of sp³-hybridized carbons (Fsp3) is 0. The van der Waals surface area contributed by atoms with Crippen molar-refractivity contribution in [2.24, 2.45) is 0 Å². The van der Waals surface area contributed by atoms with Gasteiger partial charge in [0.2, 0.25) is 0 Å². The Labute approximate surface area is 131 Å². The number of hydrogen-bond acceptors (Lipinski definition) is 15. The predicted molar refractivity (Wildman–Crippen MR) is 51.8 cm³/mol. The maximum Gasteiger partial charge on any atom is 0.0689 e. The Morgan fingerprint density at radius 1 is 0.333 bits per heavy atom. The van der Waals surface area contributed by atoms with Crippen LogP contribution in [0.25, 0.3) is 0 Å². The second-order valence-corrected chi connectivity index (χ2v) is 1.12. The summed E-state index contributed by atoms with van der Waals surface area (Å²) in [7, 11) is 0. The van der Waals surface area contributed by atoms with Gasteiger partial charge in [-0.2, -0.15) is 0 Å². The first-order valence-corrected chi connectivity index (χ1v) is 2.74. The molecule has 0 fully saturated rings. The summed E-state index contributed by atoms with van der Waals surface area (Å²) in [6.07, 6.45) is 0. The van der Waals surface area contributed by atoms with E-state index in [1.165, 1.54) is 0 Å². The van der Waals surface area contributed by atoms with Crippen molar-refractivity contribution < 1.29 is 54.6 Å². The van der Waals surface area contributed by atoms with Gasteiger partial charge in [0, 0.05) is 29.2 Å². The molecule has 0 aromatic rings. The molecule has 0 amide bonds. The van der Waals surface area contributed by atoms with E-state index in [1.54, 1.807) is 0 Å². The van der Waals surface area contributed by atoms with Crippen LogP contribution in [-0.4, -0.2) is 25.4 Å². The van der Waals surface area contributed by atoms with E-state index >= 15 is 0 Å². The predicted octanol–water partition coefficient (Wildman–Crippen LogP) is -1.20. The van der Waals surface area contributed by atoms with Gasteiger partial charge in [-0.3, -0.25) is 0 Å². The molecular weight excluding hydrogens is 554 g/mol. The molecule has 0 radical (unpaired) electrons. The van der Waals surface area contributed by atoms with Crippen molar-refractivity contribution in [3.05, 3.63) is 76.6 Å². The van der Waals surface area contributed by atoms with Crippen LogP contribution >= 0.6 is 0 Å². The molecular formula is N5O15Pu-5. The smallest absolute Gasteiger partial charge is 0.0689 e. The van der Waals surface area contributed by atoms with Crippen molar-refractivity contribution in [2.75, 3.05) is 0 Å². The van der Waals surface area contributed by atoms with Crippen molar-refractivity contribution >= 4 is 0 Å². The van der Waals surface area contributed by atoms with Crippen molar-refractivity contribution in [3.63, 3.8) is 0 Å². The van der Waals surface area contributed by atoms with Crippen molar-refractivity contribution in [1.82, 2.24) is 0 Å². The van der Waals surface area contributed by atoms with E-state index in [0.29, 0.717) is 0 Å². The maximum absolute atomic E-state index is 8.25. The molecule has 0 unspecified atom stereocenters. The topological polar surface area (TPSA) is 331 Å². The molecule has 0 atom stereocenters. The average molecular weight is 554 g/mol. The Morgan fingerprint density at radius 2 is 0.333 bits per heavy atom. The quantitative estimate of drug-likeness (QED) is 0.251. The average Bonchev–Trinajstić information content (AvgIpc) is 1.94. The molecule has 0 saturated carbocycles. The summed E-state index contributed by atoms with van der Waals surface area (Å²) < 4.78 is 0. The standard InChI is InChI=1S/5NO3.Pu/c5*2-1(3)4;/q5*-1;. The van der Waals surface area contributed by atoms with Crippen molar-refractivity contribution in [3.8, 4) is 0 Å². The van der Waals surface area contributed by atoms with Crippen LogP contribution in [0.3, 0.4) is 0 Å². The van der Waals surface area contributed by atoms with Gasteiger partial charge in [0.1, 0.15) is 0 Å². The Balaban J connectivity index is -0.0000000331. The molecule has 126 valence electrons. The molecule has 0 aliphatic heterocycles. The van der Waals surface area contributed by atoms with Gasteiger partial charge in [-0.05, 0) is 0 Å².